The number of carbonyl (C=O) groups excluding carboxylic acids is 1. The molecule has 1 aromatic rings. The smallest absolute Gasteiger partial charge is 0.236 e. The number of amides is 1. The van der Waals surface area contributed by atoms with Crippen molar-refractivity contribution in [2.24, 2.45) is 16.1 Å². The highest BCUT2D eigenvalue weighted by Gasteiger charge is 2.26. The van der Waals surface area contributed by atoms with Gasteiger partial charge in [-0.2, -0.15) is 0 Å². The summed E-state index contributed by atoms with van der Waals surface area (Å²) in [6.45, 7) is 4.57. The van der Waals surface area contributed by atoms with E-state index in [2.05, 4.69) is 24.2 Å². The summed E-state index contributed by atoms with van der Waals surface area (Å²) in [7, 11) is 0. The number of nitrogens with zero attached hydrogens (tertiary/aromatic N) is 1. The molecular weight excluding hydrogens is 250 g/mol. The second-order valence-electron chi connectivity index (χ2n) is 5.95. The third-order valence-corrected chi connectivity index (χ3v) is 3.19. The highest BCUT2D eigenvalue weighted by Crippen LogP contribution is 2.33. The lowest BCUT2D eigenvalue weighted by Crippen LogP contribution is -2.33. The molecule has 1 amide bonds. The van der Waals surface area contributed by atoms with Crippen LogP contribution in [0, 0.1) is 5.41 Å². The Morgan fingerprint density at radius 1 is 1.30 bits per heavy atom. The van der Waals surface area contributed by atoms with E-state index >= 15 is 0 Å². The highest BCUT2D eigenvalue weighted by atomic mass is 16.1. The topological polar surface area (TPSA) is 67.5 Å². The Bertz CT molecular complexity index is 544. The van der Waals surface area contributed by atoms with Gasteiger partial charge in [-0.25, -0.2) is 0 Å². The zero-order valence-electron chi connectivity index (χ0n) is 12.0. The molecule has 0 bridgehead atoms. The number of rotatable bonds is 4. The standard InChI is InChI=1S/C16H21N3O/c1-16(2)9-13(18-11-15(17)20)8-14(10-16)19-12-6-4-3-5-7-12/h3-8,18H,9-11H2,1-2H3,(H2,17,20). The number of allylic oxidation sites excluding steroid dienone is 2. The van der Waals surface area contributed by atoms with Crippen molar-refractivity contribution in [2.75, 3.05) is 6.54 Å². The summed E-state index contributed by atoms with van der Waals surface area (Å²) in [6, 6.07) is 9.90. The van der Waals surface area contributed by atoms with Gasteiger partial charge in [0.2, 0.25) is 5.91 Å². The molecule has 0 aromatic heterocycles. The summed E-state index contributed by atoms with van der Waals surface area (Å²) in [6.07, 6.45) is 3.85. The molecule has 4 nitrogen and oxygen atoms in total. The Balaban J connectivity index is 2.21. The number of nitrogens with two attached hydrogens (primary N) is 1. The molecular formula is C16H21N3O. The maximum Gasteiger partial charge on any atom is 0.236 e. The summed E-state index contributed by atoms with van der Waals surface area (Å²) in [4.78, 5) is 15.6. The second kappa shape index (κ2) is 5.90. The molecule has 3 N–H and O–H groups in total. The Morgan fingerprint density at radius 3 is 2.65 bits per heavy atom. The second-order valence-corrected chi connectivity index (χ2v) is 5.95. The zero-order chi connectivity index (χ0) is 14.6. The van der Waals surface area contributed by atoms with Crippen LogP contribution >= 0.6 is 0 Å². The number of nitrogens with one attached hydrogen (secondary N) is 1. The maximum atomic E-state index is 10.9. The van der Waals surface area contributed by atoms with Gasteiger partial charge in [-0.3, -0.25) is 9.79 Å². The Kier molecular flexibility index (Phi) is 4.23. The molecule has 4 heteroatoms. The van der Waals surface area contributed by atoms with E-state index < -0.39 is 0 Å². The molecule has 1 aliphatic rings. The van der Waals surface area contributed by atoms with Crippen LogP contribution in [0.2, 0.25) is 0 Å². The van der Waals surface area contributed by atoms with Crippen molar-refractivity contribution >= 4 is 17.3 Å². The van der Waals surface area contributed by atoms with E-state index in [0.717, 1.165) is 29.9 Å². The molecule has 0 radical (unpaired) electrons. The summed E-state index contributed by atoms with van der Waals surface area (Å²) in [5.41, 5.74) is 8.30. The predicted molar refractivity (Wildman–Crippen MR) is 81.8 cm³/mol. The van der Waals surface area contributed by atoms with Crippen LogP contribution in [-0.4, -0.2) is 18.2 Å². The maximum absolute atomic E-state index is 10.9. The van der Waals surface area contributed by atoms with E-state index in [4.69, 9.17) is 5.73 Å². The van der Waals surface area contributed by atoms with Crippen molar-refractivity contribution < 1.29 is 4.79 Å². The number of benzene rings is 1. The van der Waals surface area contributed by atoms with Gasteiger partial charge in [-0.05, 0) is 36.5 Å². The van der Waals surface area contributed by atoms with Gasteiger partial charge in [0.15, 0.2) is 0 Å². The van der Waals surface area contributed by atoms with Gasteiger partial charge in [0.1, 0.15) is 0 Å². The van der Waals surface area contributed by atoms with Crippen LogP contribution in [0.3, 0.4) is 0 Å². The SMILES string of the molecule is CC1(C)CC(NCC(N)=O)=CC(=Nc2ccccc2)C1. The molecule has 1 aromatic carbocycles. The van der Waals surface area contributed by atoms with Crippen molar-refractivity contribution in [2.45, 2.75) is 26.7 Å². The fraction of sp³-hybridized carbons (Fsp3) is 0.375. The molecule has 0 unspecified atom stereocenters. The summed E-state index contributed by atoms with van der Waals surface area (Å²) in [5.74, 6) is -0.351. The summed E-state index contributed by atoms with van der Waals surface area (Å²) < 4.78 is 0. The Morgan fingerprint density at radius 2 is 2.00 bits per heavy atom. The third-order valence-electron chi connectivity index (χ3n) is 3.19. The predicted octanol–water partition coefficient (Wildman–Crippen LogP) is 2.54. The van der Waals surface area contributed by atoms with Crippen LogP contribution in [0.1, 0.15) is 26.7 Å². The van der Waals surface area contributed by atoms with E-state index in [1.807, 2.05) is 36.4 Å². The molecule has 0 spiro atoms. The van der Waals surface area contributed by atoms with Crippen molar-refractivity contribution in [3.63, 3.8) is 0 Å². The lowest BCUT2D eigenvalue weighted by Gasteiger charge is -2.31. The quantitative estimate of drug-likeness (QED) is 0.883. The molecule has 0 aliphatic heterocycles. The first kappa shape index (κ1) is 14.3. The van der Waals surface area contributed by atoms with Gasteiger partial charge < -0.3 is 11.1 Å². The molecule has 1 aliphatic carbocycles. The number of hydrogen-bond donors (Lipinski definition) is 2. The molecule has 2 rings (SSSR count). The number of carbonyl (C=O) groups is 1. The van der Waals surface area contributed by atoms with Crippen LogP contribution in [0.15, 0.2) is 47.1 Å². The minimum Gasteiger partial charge on any atom is -0.379 e. The van der Waals surface area contributed by atoms with Gasteiger partial charge in [0.05, 0.1) is 12.2 Å². The highest BCUT2D eigenvalue weighted by molar-refractivity contribution is 5.98. The van der Waals surface area contributed by atoms with Crippen LogP contribution in [0.25, 0.3) is 0 Å². The fourth-order valence-corrected chi connectivity index (χ4v) is 2.43. The van der Waals surface area contributed by atoms with Crippen molar-refractivity contribution in [3.8, 4) is 0 Å². The van der Waals surface area contributed by atoms with E-state index in [9.17, 15) is 4.79 Å². The van der Waals surface area contributed by atoms with Crippen molar-refractivity contribution in [1.29, 1.82) is 0 Å². The minimum absolute atomic E-state index is 0.127. The Hall–Kier alpha value is -2.10. The van der Waals surface area contributed by atoms with Gasteiger partial charge >= 0.3 is 0 Å². The van der Waals surface area contributed by atoms with Gasteiger partial charge in [0, 0.05) is 11.4 Å². The number of hydrogen-bond acceptors (Lipinski definition) is 3. The van der Waals surface area contributed by atoms with Crippen LogP contribution in [-0.2, 0) is 4.79 Å². The summed E-state index contributed by atoms with van der Waals surface area (Å²) >= 11 is 0. The molecule has 0 fully saturated rings. The number of aliphatic imine (C=N–C) groups is 1. The van der Waals surface area contributed by atoms with E-state index in [1.54, 1.807) is 0 Å². The lowest BCUT2D eigenvalue weighted by molar-refractivity contribution is -0.117. The molecule has 0 atom stereocenters. The molecule has 0 saturated heterocycles. The van der Waals surface area contributed by atoms with Crippen LogP contribution in [0.4, 0.5) is 5.69 Å². The largest absolute Gasteiger partial charge is 0.379 e. The molecule has 0 heterocycles. The summed E-state index contributed by atoms with van der Waals surface area (Å²) in [5, 5.41) is 3.10. The lowest BCUT2D eigenvalue weighted by atomic mass is 9.78. The molecule has 0 saturated carbocycles. The minimum atomic E-state index is -0.351. The van der Waals surface area contributed by atoms with Crippen LogP contribution < -0.4 is 11.1 Å². The fourth-order valence-electron chi connectivity index (χ4n) is 2.43. The molecule has 20 heavy (non-hydrogen) atoms. The number of para-hydroxylation sites is 1. The average molecular weight is 271 g/mol. The van der Waals surface area contributed by atoms with E-state index in [1.165, 1.54) is 0 Å². The van der Waals surface area contributed by atoms with E-state index in [-0.39, 0.29) is 17.9 Å². The third kappa shape index (κ3) is 4.23. The normalized spacial score (nSPS) is 19.5. The van der Waals surface area contributed by atoms with E-state index in [0.29, 0.717) is 0 Å². The molecule has 106 valence electrons. The first-order chi connectivity index (χ1) is 9.44. The van der Waals surface area contributed by atoms with Crippen molar-refractivity contribution in [3.05, 3.63) is 42.1 Å². The first-order valence-corrected chi connectivity index (χ1v) is 6.80. The monoisotopic (exact) mass is 271 g/mol. The Labute approximate surface area is 119 Å². The zero-order valence-corrected chi connectivity index (χ0v) is 12.0. The van der Waals surface area contributed by atoms with Gasteiger partial charge in [-0.15, -0.1) is 0 Å². The van der Waals surface area contributed by atoms with Crippen LogP contribution in [0.5, 0.6) is 0 Å². The average Bonchev–Trinajstić information content (AvgIpc) is 2.36. The first-order valence-electron chi connectivity index (χ1n) is 6.80. The van der Waals surface area contributed by atoms with Gasteiger partial charge in [-0.1, -0.05) is 32.0 Å². The number of primary amides is 1. The van der Waals surface area contributed by atoms with Gasteiger partial charge in [0.25, 0.3) is 0 Å². The van der Waals surface area contributed by atoms with Crippen molar-refractivity contribution in [1.82, 2.24) is 5.32 Å².